The van der Waals surface area contributed by atoms with Gasteiger partial charge >= 0.3 is 5.97 Å². The molecule has 0 aliphatic carbocycles. The maximum atomic E-state index is 12.6. The minimum absolute atomic E-state index is 0.177. The van der Waals surface area contributed by atoms with Crippen molar-refractivity contribution in [2.45, 2.75) is 13.2 Å². The molecule has 0 saturated carbocycles. The third-order valence-electron chi connectivity index (χ3n) is 4.02. The monoisotopic (exact) mass is 375 g/mol. The van der Waals surface area contributed by atoms with E-state index in [1.807, 2.05) is 18.2 Å². The van der Waals surface area contributed by atoms with Crippen LogP contribution in [0.1, 0.15) is 11.4 Å². The second kappa shape index (κ2) is 8.64. The lowest BCUT2D eigenvalue weighted by Gasteiger charge is -2.10. The number of aromatic nitrogens is 2. The van der Waals surface area contributed by atoms with Crippen molar-refractivity contribution in [3.05, 3.63) is 76.3 Å². The molecule has 28 heavy (non-hydrogen) atoms. The number of carbonyl (C=O) groups is 1. The van der Waals surface area contributed by atoms with E-state index in [2.05, 4.69) is 4.98 Å². The quantitative estimate of drug-likeness (QED) is 0.486. The molecule has 0 N–H and O–H groups in total. The van der Waals surface area contributed by atoms with Gasteiger partial charge in [0.2, 0.25) is 0 Å². The molecule has 1 aromatic heterocycles. The Balaban J connectivity index is 1.78. The number of hydrogen-bond donors (Lipinski definition) is 0. The number of benzene rings is 2. The number of carbonyl (C=O) groups excluding carboxylic acids is 1. The minimum atomic E-state index is -0.589. The second-order valence-corrected chi connectivity index (χ2v) is 5.81. The Hall–Kier alpha value is -3.92. The van der Waals surface area contributed by atoms with Crippen LogP contribution in [-0.2, 0) is 22.7 Å². The van der Waals surface area contributed by atoms with Gasteiger partial charge in [-0.15, -0.1) is 0 Å². The number of hydrogen-bond acceptors (Lipinski definition) is 6. The molecule has 7 nitrogen and oxygen atoms in total. The van der Waals surface area contributed by atoms with Crippen molar-refractivity contribution in [2.24, 2.45) is 0 Å². The average molecular weight is 375 g/mol. The van der Waals surface area contributed by atoms with Gasteiger partial charge in [0.1, 0.15) is 18.9 Å². The Kier molecular flexibility index (Phi) is 5.82. The van der Waals surface area contributed by atoms with Crippen LogP contribution in [0.25, 0.3) is 17.0 Å². The highest BCUT2D eigenvalue weighted by atomic mass is 16.5. The third kappa shape index (κ3) is 4.24. The normalized spacial score (nSPS) is 10.7. The molecule has 0 atom stereocenters. The van der Waals surface area contributed by atoms with Crippen LogP contribution in [0.4, 0.5) is 0 Å². The van der Waals surface area contributed by atoms with Gasteiger partial charge < -0.3 is 9.47 Å². The molecule has 0 fully saturated rings. The molecule has 140 valence electrons. The van der Waals surface area contributed by atoms with Crippen LogP contribution in [0, 0.1) is 11.3 Å². The Labute approximate surface area is 161 Å². The zero-order chi connectivity index (χ0) is 19.9. The van der Waals surface area contributed by atoms with Gasteiger partial charge in [-0.25, -0.2) is 9.78 Å². The van der Waals surface area contributed by atoms with Gasteiger partial charge in [0.25, 0.3) is 5.56 Å². The molecule has 0 aliphatic heterocycles. The van der Waals surface area contributed by atoms with Crippen molar-refractivity contribution in [3.8, 4) is 11.8 Å². The molecule has 3 aromatic rings. The van der Waals surface area contributed by atoms with Crippen molar-refractivity contribution >= 4 is 22.9 Å². The lowest BCUT2D eigenvalue weighted by Crippen LogP contribution is -2.26. The van der Waals surface area contributed by atoms with Crippen molar-refractivity contribution in [1.29, 1.82) is 5.26 Å². The first-order chi connectivity index (χ1) is 13.6. The van der Waals surface area contributed by atoms with E-state index in [-0.39, 0.29) is 24.5 Å². The molecule has 3 rings (SSSR count). The molecule has 1 heterocycles. The molecular formula is C21H17N3O4. The topological polar surface area (TPSA) is 94.2 Å². The van der Waals surface area contributed by atoms with E-state index in [0.717, 1.165) is 5.56 Å². The summed E-state index contributed by atoms with van der Waals surface area (Å²) in [5.41, 5.74) is 0.923. The van der Waals surface area contributed by atoms with Crippen LogP contribution < -0.4 is 10.3 Å². The highest BCUT2D eigenvalue weighted by molar-refractivity contribution is 5.87. The molecular weight excluding hydrogens is 358 g/mol. The van der Waals surface area contributed by atoms with Crippen LogP contribution in [0.5, 0.6) is 5.75 Å². The van der Waals surface area contributed by atoms with Gasteiger partial charge in [-0.3, -0.25) is 9.36 Å². The molecule has 2 aromatic carbocycles. The third-order valence-corrected chi connectivity index (χ3v) is 4.02. The van der Waals surface area contributed by atoms with Gasteiger partial charge in [0.15, 0.2) is 5.82 Å². The Morgan fingerprint density at radius 2 is 2.07 bits per heavy atom. The van der Waals surface area contributed by atoms with Crippen molar-refractivity contribution in [2.75, 3.05) is 7.11 Å². The molecule has 0 saturated heterocycles. The van der Waals surface area contributed by atoms with Crippen LogP contribution in [0.2, 0.25) is 0 Å². The van der Waals surface area contributed by atoms with Gasteiger partial charge in [-0.05, 0) is 35.9 Å². The largest absolute Gasteiger partial charge is 0.497 e. The summed E-state index contributed by atoms with van der Waals surface area (Å²) in [5.74, 6) is 0.304. The van der Waals surface area contributed by atoms with Crippen molar-refractivity contribution in [1.82, 2.24) is 9.55 Å². The van der Waals surface area contributed by atoms with Gasteiger partial charge in [-0.1, -0.05) is 24.3 Å². The molecule has 0 amide bonds. The standard InChI is InChI=1S/C21H17N3O4/c1-27-16-6-4-5-15(13-16)9-10-20(25)28-14-19-23-18-8-3-2-7-17(18)21(26)24(19)12-11-22/h2-10,13H,12,14H2,1H3/b10-9+. The summed E-state index contributed by atoms with van der Waals surface area (Å²) in [6.45, 7) is -0.397. The molecule has 0 radical (unpaired) electrons. The first-order valence-corrected chi connectivity index (χ1v) is 8.46. The van der Waals surface area contributed by atoms with Crippen LogP contribution >= 0.6 is 0 Å². The molecule has 0 aliphatic rings. The Bertz CT molecular complexity index is 1140. The number of fused-ring (bicyclic) bond motifs is 1. The van der Waals surface area contributed by atoms with E-state index in [9.17, 15) is 9.59 Å². The highest BCUT2D eigenvalue weighted by Gasteiger charge is 2.12. The first-order valence-electron chi connectivity index (χ1n) is 8.46. The summed E-state index contributed by atoms with van der Waals surface area (Å²) >= 11 is 0. The summed E-state index contributed by atoms with van der Waals surface area (Å²) in [7, 11) is 1.56. The van der Waals surface area contributed by atoms with E-state index >= 15 is 0 Å². The summed E-state index contributed by atoms with van der Waals surface area (Å²) in [4.78, 5) is 29.0. The fourth-order valence-corrected chi connectivity index (χ4v) is 2.65. The summed E-state index contributed by atoms with van der Waals surface area (Å²) in [6, 6.07) is 16.0. The van der Waals surface area contributed by atoms with Crippen molar-refractivity contribution < 1.29 is 14.3 Å². The predicted octanol–water partition coefficient (Wildman–Crippen LogP) is 2.69. The second-order valence-electron chi connectivity index (χ2n) is 5.81. The van der Waals surface area contributed by atoms with Gasteiger partial charge in [-0.2, -0.15) is 5.26 Å². The number of para-hydroxylation sites is 1. The lowest BCUT2D eigenvalue weighted by atomic mass is 10.2. The Morgan fingerprint density at radius 1 is 1.25 bits per heavy atom. The van der Waals surface area contributed by atoms with Crippen molar-refractivity contribution in [3.63, 3.8) is 0 Å². The predicted molar refractivity (Wildman–Crippen MR) is 103 cm³/mol. The van der Waals surface area contributed by atoms with E-state index in [1.54, 1.807) is 49.6 Å². The summed E-state index contributed by atoms with van der Waals surface area (Å²) in [5, 5.41) is 9.41. The summed E-state index contributed by atoms with van der Waals surface area (Å²) < 4.78 is 11.6. The molecule has 0 unspecified atom stereocenters. The maximum absolute atomic E-state index is 12.6. The number of ether oxygens (including phenoxy) is 2. The van der Waals surface area contributed by atoms with Crippen LogP contribution in [-0.4, -0.2) is 22.6 Å². The highest BCUT2D eigenvalue weighted by Crippen LogP contribution is 2.14. The molecule has 0 spiro atoms. The van der Waals surface area contributed by atoms with E-state index in [4.69, 9.17) is 14.7 Å². The Morgan fingerprint density at radius 3 is 2.86 bits per heavy atom. The average Bonchev–Trinajstić information content (AvgIpc) is 2.73. The summed E-state index contributed by atoms with van der Waals surface area (Å²) in [6.07, 6.45) is 2.88. The molecule has 7 heteroatoms. The number of nitriles is 1. The zero-order valence-electron chi connectivity index (χ0n) is 15.2. The number of rotatable bonds is 6. The number of nitrogens with zero attached hydrogens (tertiary/aromatic N) is 3. The van der Waals surface area contributed by atoms with E-state index in [1.165, 1.54) is 10.6 Å². The first kappa shape index (κ1) is 18.9. The van der Waals surface area contributed by atoms with E-state index in [0.29, 0.717) is 16.7 Å². The van der Waals surface area contributed by atoms with Gasteiger partial charge in [0.05, 0.1) is 24.1 Å². The zero-order valence-corrected chi connectivity index (χ0v) is 15.2. The SMILES string of the molecule is COc1cccc(/C=C/C(=O)OCc2nc3ccccc3c(=O)n2CC#N)c1. The number of esters is 1. The van der Waals surface area contributed by atoms with Gasteiger partial charge in [0, 0.05) is 6.08 Å². The minimum Gasteiger partial charge on any atom is -0.497 e. The maximum Gasteiger partial charge on any atom is 0.331 e. The molecule has 0 bridgehead atoms. The number of methoxy groups -OCH3 is 1. The lowest BCUT2D eigenvalue weighted by molar-refractivity contribution is -0.139. The van der Waals surface area contributed by atoms with E-state index < -0.39 is 5.97 Å². The van der Waals surface area contributed by atoms with Crippen LogP contribution in [0.15, 0.2) is 59.4 Å². The smallest absolute Gasteiger partial charge is 0.331 e. The fraction of sp³-hybridized carbons (Fsp3) is 0.143. The van der Waals surface area contributed by atoms with Crippen LogP contribution in [0.3, 0.4) is 0 Å². The fourth-order valence-electron chi connectivity index (χ4n) is 2.65.